The van der Waals surface area contributed by atoms with E-state index in [4.69, 9.17) is 0 Å². The topological polar surface area (TPSA) is 35.5 Å². The lowest BCUT2D eigenvalue weighted by atomic mass is 10.2. The zero-order valence-corrected chi connectivity index (χ0v) is 9.11. The Hall–Kier alpha value is -1.22. The average molecular weight is 206 g/mol. The Morgan fingerprint density at radius 2 is 2.40 bits per heavy atom. The van der Waals surface area contributed by atoms with Crippen molar-refractivity contribution in [2.45, 2.75) is 19.4 Å². The SMILES string of the molecule is CCN1CCC(Nc2cccc(O)c2)C1. The first-order valence-corrected chi connectivity index (χ1v) is 5.56. The highest BCUT2D eigenvalue weighted by atomic mass is 16.3. The summed E-state index contributed by atoms with van der Waals surface area (Å²) >= 11 is 0. The molecule has 1 heterocycles. The van der Waals surface area contributed by atoms with Gasteiger partial charge in [0.05, 0.1) is 0 Å². The first kappa shape index (κ1) is 10.3. The highest BCUT2D eigenvalue weighted by molar-refractivity contribution is 5.48. The molecule has 82 valence electrons. The van der Waals surface area contributed by atoms with Gasteiger partial charge in [0.25, 0.3) is 0 Å². The van der Waals surface area contributed by atoms with Crippen LogP contribution in [0.5, 0.6) is 5.75 Å². The van der Waals surface area contributed by atoms with Crippen LogP contribution >= 0.6 is 0 Å². The summed E-state index contributed by atoms with van der Waals surface area (Å²) in [5.74, 6) is 0.324. The lowest BCUT2D eigenvalue weighted by Gasteiger charge is -2.15. The molecule has 1 atom stereocenters. The number of phenolic OH excluding ortho intramolecular Hbond substituents is 1. The smallest absolute Gasteiger partial charge is 0.117 e. The predicted molar refractivity (Wildman–Crippen MR) is 62.2 cm³/mol. The van der Waals surface area contributed by atoms with E-state index in [-0.39, 0.29) is 0 Å². The first-order chi connectivity index (χ1) is 7.28. The number of nitrogens with zero attached hydrogens (tertiary/aromatic N) is 1. The summed E-state index contributed by atoms with van der Waals surface area (Å²) in [6.07, 6.45) is 1.18. The van der Waals surface area contributed by atoms with Crippen LogP contribution in [0.25, 0.3) is 0 Å². The van der Waals surface area contributed by atoms with Gasteiger partial charge < -0.3 is 15.3 Å². The van der Waals surface area contributed by atoms with E-state index < -0.39 is 0 Å². The van der Waals surface area contributed by atoms with E-state index in [1.165, 1.54) is 13.0 Å². The van der Waals surface area contributed by atoms with Gasteiger partial charge in [-0.3, -0.25) is 0 Å². The Bertz CT molecular complexity index is 327. The van der Waals surface area contributed by atoms with Crippen molar-refractivity contribution < 1.29 is 5.11 Å². The third-order valence-electron chi connectivity index (χ3n) is 2.94. The maximum absolute atomic E-state index is 9.33. The number of hydrogen-bond acceptors (Lipinski definition) is 3. The molecule has 3 nitrogen and oxygen atoms in total. The summed E-state index contributed by atoms with van der Waals surface area (Å²) in [5, 5.41) is 12.8. The molecule has 15 heavy (non-hydrogen) atoms. The molecule has 1 aliphatic heterocycles. The Morgan fingerprint density at radius 3 is 3.07 bits per heavy atom. The summed E-state index contributed by atoms with van der Waals surface area (Å²) in [4.78, 5) is 2.43. The maximum Gasteiger partial charge on any atom is 0.117 e. The van der Waals surface area contributed by atoms with Crippen molar-refractivity contribution in [2.24, 2.45) is 0 Å². The molecule has 0 aliphatic carbocycles. The lowest BCUT2D eigenvalue weighted by molar-refractivity contribution is 0.356. The van der Waals surface area contributed by atoms with Gasteiger partial charge in [0.2, 0.25) is 0 Å². The summed E-state index contributed by atoms with van der Waals surface area (Å²) in [6, 6.07) is 7.84. The number of aromatic hydroxyl groups is 1. The third kappa shape index (κ3) is 2.63. The molecule has 0 spiro atoms. The van der Waals surface area contributed by atoms with Gasteiger partial charge >= 0.3 is 0 Å². The molecule has 0 radical (unpaired) electrons. The fourth-order valence-corrected chi connectivity index (χ4v) is 2.07. The molecule has 0 amide bonds. The average Bonchev–Trinajstić information content (AvgIpc) is 2.65. The molecule has 1 aliphatic rings. The number of benzene rings is 1. The van der Waals surface area contributed by atoms with Crippen molar-refractivity contribution >= 4 is 5.69 Å². The second-order valence-corrected chi connectivity index (χ2v) is 4.07. The first-order valence-electron chi connectivity index (χ1n) is 5.56. The molecule has 0 aromatic heterocycles. The largest absolute Gasteiger partial charge is 0.508 e. The van der Waals surface area contributed by atoms with Crippen molar-refractivity contribution in [1.29, 1.82) is 0 Å². The van der Waals surface area contributed by atoms with Gasteiger partial charge in [0, 0.05) is 30.9 Å². The van der Waals surface area contributed by atoms with Gasteiger partial charge in [-0.15, -0.1) is 0 Å². The Kier molecular flexibility index (Phi) is 3.11. The fourth-order valence-electron chi connectivity index (χ4n) is 2.07. The molecule has 1 saturated heterocycles. The summed E-state index contributed by atoms with van der Waals surface area (Å²) in [5.41, 5.74) is 1.01. The van der Waals surface area contributed by atoms with Crippen molar-refractivity contribution in [3.8, 4) is 5.75 Å². The van der Waals surface area contributed by atoms with E-state index in [0.29, 0.717) is 11.8 Å². The molecule has 1 unspecified atom stereocenters. The standard InChI is InChI=1S/C12H18N2O/c1-2-14-7-6-11(9-14)13-10-4-3-5-12(15)8-10/h3-5,8,11,13,15H,2,6-7,9H2,1H3. The van der Waals surface area contributed by atoms with Crippen LogP contribution < -0.4 is 5.32 Å². The van der Waals surface area contributed by atoms with Crippen molar-refractivity contribution in [1.82, 2.24) is 4.90 Å². The van der Waals surface area contributed by atoms with E-state index in [1.807, 2.05) is 12.1 Å². The highest BCUT2D eigenvalue weighted by Crippen LogP contribution is 2.19. The van der Waals surface area contributed by atoms with Gasteiger partial charge in [0.15, 0.2) is 0 Å². The number of likely N-dealkylation sites (tertiary alicyclic amines) is 1. The highest BCUT2D eigenvalue weighted by Gasteiger charge is 2.20. The molecule has 2 N–H and O–H groups in total. The molecular formula is C12H18N2O. The van der Waals surface area contributed by atoms with Crippen LogP contribution in [0.3, 0.4) is 0 Å². The lowest BCUT2D eigenvalue weighted by Crippen LogP contribution is -2.25. The van der Waals surface area contributed by atoms with Gasteiger partial charge in [0.1, 0.15) is 5.75 Å². The third-order valence-corrected chi connectivity index (χ3v) is 2.94. The number of rotatable bonds is 3. The predicted octanol–water partition coefficient (Wildman–Crippen LogP) is 1.90. The molecule has 1 fully saturated rings. The summed E-state index contributed by atoms with van der Waals surface area (Å²) < 4.78 is 0. The Balaban J connectivity index is 1.92. The summed E-state index contributed by atoms with van der Waals surface area (Å²) in [7, 11) is 0. The second-order valence-electron chi connectivity index (χ2n) is 4.07. The van der Waals surface area contributed by atoms with Crippen molar-refractivity contribution in [3.05, 3.63) is 24.3 Å². The van der Waals surface area contributed by atoms with Gasteiger partial charge in [-0.25, -0.2) is 0 Å². The van der Waals surface area contributed by atoms with Crippen LogP contribution in [0.15, 0.2) is 24.3 Å². The Morgan fingerprint density at radius 1 is 1.53 bits per heavy atom. The minimum Gasteiger partial charge on any atom is -0.508 e. The molecule has 0 bridgehead atoms. The van der Waals surface area contributed by atoms with Crippen LogP contribution in [0.2, 0.25) is 0 Å². The zero-order chi connectivity index (χ0) is 10.7. The number of hydrogen-bond donors (Lipinski definition) is 2. The number of anilines is 1. The molecule has 1 aromatic rings. The van der Waals surface area contributed by atoms with Crippen LogP contribution in [-0.4, -0.2) is 35.7 Å². The Labute approximate surface area is 90.7 Å². The molecular weight excluding hydrogens is 188 g/mol. The minimum atomic E-state index is 0.324. The van der Waals surface area contributed by atoms with Gasteiger partial charge in [-0.1, -0.05) is 13.0 Å². The van der Waals surface area contributed by atoms with Crippen LogP contribution in [0.1, 0.15) is 13.3 Å². The summed E-state index contributed by atoms with van der Waals surface area (Å²) in [6.45, 7) is 5.59. The van der Waals surface area contributed by atoms with E-state index in [9.17, 15) is 5.11 Å². The number of likely N-dealkylation sites (N-methyl/N-ethyl adjacent to an activating group) is 1. The monoisotopic (exact) mass is 206 g/mol. The van der Waals surface area contributed by atoms with E-state index in [2.05, 4.69) is 17.1 Å². The van der Waals surface area contributed by atoms with Crippen molar-refractivity contribution in [3.63, 3.8) is 0 Å². The zero-order valence-electron chi connectivity index (χ0n) is 9.11. The molecule has 2 rings (SSSR count). The molecule has 0 saturated carbocycles. The van der Waals surface area contributed by atoms with E-state index >= 15 is 0 Å². The number of phenols is 1. The maximum atomic E-state index is 9.33. The van der Waals surface area contributed by atoms with Crippen molar-refractivity contribution in [2.75, 3.05) is 25.0 Å². The molecule has 1 aromatic carbocycles. The van der Waals surface area contributed by atoms with Crippen LogP contribution in [-0.2, 0) is 0 Å². The molecule has 3 heteroatoms. The van der Waals surface area contributed by atoms with Crippen LogP contribution in [0.4, 0.5) is 5.69 Å². The van der Waals surface area contributed by atoms with Crippen LogP contribution in [0, 0.1) is 0 Å². The minimum absolute atomic E-state index is 0.324. The number of nitrogens with one attached hydrogen (secondary N) is 1. The quantitative estimate of drug-likeness (QED) is 0.793. The van der Waals surface area contributed by atoms with E-state index in [1.54, 1.807) is 12.1 Å². The van der Waals surface area contributed by atoms with Gasteiger partial charge in [-0.05, 0) is 25.1 Å². The van der Waals surface area contributed by atoms with Gasteiger partial charge in [-0.2, -0.15) is 0 Å². The normalized spacial score (nSPS) is 21.8. The fraction of sp³-hybridized carbons (Fsp3) is 0.500. The van der Waals surface area contributed by atoms with E-state index in [0.717, 1.165) is 18.8 Å². The second kappa shape index (κ2) is 4.53.